The number of rotatable bonds is 5. The maximum Gasteiger partial charge on any atom is 0.353 e. The molecular weight excluding hydrogens is 451 g/mol. The highest BCUT2D eigenvalue weighted by molar-refractivity contribution is 5.90. The summed E-state index contributed by atoms with van der Waals surface area (Å²) in [6.45, 7) is 3.70. The van der Waals surface area contributed by atoms with Crippen LogP contribution in [0.25, 0.3) is 28.0 Å². The third-order valence-corrected chi connectivity index (χ3v) is 5.06. The van der Waals surface area contributed by atoms with Crippen molar-refractivity contribution in [3.05, 3.63) is 88.6 Å². The molecule has 10 nitrogen and oxygen atoms in total. The van der Waals surface area contributed by atoms with Crippen LogP contribution in [0.2, 0.25) is 0 Å². The molecule has 0 spiro atoms. The maximum atomic E-state index is 13.2. The lowest BCUT2D eigenvalue weighted by molar-refractivity contribution is 0.275. The number of benzene rings is 1. The van der Waals surface area contributed by atoms with Gasteiger partial charge in [-0.05, 0) is 18.2 Å². The van der Waals surface area contributed by atoms with Crippen molar-refractivity contribution in [2.45, 2.75) is 27.0 Å². The first kappa shape index (κ1) is 23.6. The van der Waals surface area contributed by atoms with E-state index < -0.39 is 11.5 Å². The van der Waals surface area contributed by atoms with Gasteiger partial charge in [0.25, 0.3) is 0 Å². The second-order valence-electron chi connectivity index (χ2n) is 7.22. The van der Waals surface area contributed by atoms with Crippen molar-refractivity contribution in [1.82, 2.24) is 34.3 Å². The molecule has 4 heterocycles. The highest BCUT2D eigenvalue weighted by Gasteiger charge is 2.22. The zero-order chi connectivity index (χ0) is 24.9. The van der Waals surface area contributed by atoms with Crippen molar-refractivity contribution in [2.24, 2.45) is 0 Å². The lowest BCUT2D eigenvalue weighted by Crippen LogP contribution is -2.24. The summed E-state index contributed by atoms with van der Waals surface area (Å²) in [5.41, 5.74) is 9.03. The molecule has 5 aromatic rings. The monoisotopic (exact) mass is 474 g/mol. The van der Waals surface area contributed by atoms with Crippen molar-refractivity contribution >= 4 is 11.6 Å². The molecule has 0 radical (unpaired) electrons. The van der Waals surface area contributed by atoms with Gasteiger partial charge in [0.2, 0.25) is 5.95 Å². The van der Waals surface area contributed by atoms with E-state index in [1.807, 2.05) is 44.2 Å². The minimum Gasteiger partial charge on any atom is -0.390 e. The predicted octanol–water partition coefficient (Wildman–Crippen LogP) is 2.70. The normalized spacial score (nSPS) is 10.7. The average molecular weight is 475 g/mol. The molecular formula is C24H23FN8O2. The van der Waals surface area contributed by atoms with E-state index in [-0.39, 0.29) is 24.7 Å². The molecule has 0 fully saturated rings. The number of fused-ring (bicyclic) bond motifs is 1. The van der Waals surface area contributed by atoms with Crippen LogP contribution in [0, 0.1) is 5.82 Å². The van der Waals surface area contributed by atoms with E-state index in [4.69, 9.17) is 5.73 Å². The van der Waals surface area contributed by atoms with Crippen LogP contribution in [0.3, 0.4) is 0 Å². The van der Waals surface area contributed by atoms with E-state index in [1.54, 1.807) is 6.07 Å². The second-order valence-corrected chi connectivity index (χ2v) is 7.22. The van der Waals surface area contributed by atoms with E-state index in [0.29, 0.717) is 28.2 Å². The standard InChI is InChI=1S/C22H17FN8O2.C2H6/c23-15-6-7-16(25-10-15)11-30-22(33)31-20(29-30)18(14-8-17(12-32)28-26-9-14)19(27-21(31)24)13-4-2-1-3-5-13;1-2/h1-10,32H,11-12H2,(H2,24,27);1-2H3. The topological polar surface area (TPSA) is 137 Å². The molecule has 0 bridgehead atoms. The molecule has 0 amide bonds. The molecule has 178 valence electrons. The van der Waals surface area contributed by atoms with Gasteiger partial charge in [-0.2, -0.15) is 10.2 Å². The molecule has 4 aromatic heterocycles. The Balaban J connectivity index is 0.00000141. The Bertz CT molecular complexity index is 1520. The average Bonchev–Trinajstić information content (AvgIpc) is 3.23. The van der Waals surface area contributed by atoms with Gasteiger partial charge in [-0.3, -0.25) is 4.98 Å². The van der Waals surface area contributed by atoms with Crippen LogP contribution in [0.15, 0.2) is 65.7 Å². The Hall–Kier alpha value is -4.51. The number of anilines is 1. The lowest BCUT2D eigenvalue weighted by Gasteiger charge is -2.12. The van der Waals surface area contributed by atoms with Gasteiger partial charge in [-0.1, -0.05) is 44.2 Å². The lowest BCUT2D eigenvalue weighted by atomic mass is 10.0. The van der Waals surface area contributed by atoms with Crippen molar-refractivity contribution < 1.29 is 9.50 Å². The molecule has 0 saturated heterocycles. The van der Waals surface area contributed by atoms with E-state index in [2.05, 4.69) is 25.3 Å². The van der Waals surface area contributed by atoms with Crippen LogP contribution in [0.4, 0.5) is 10.3 Å². The van der Waals surface area contributed by atoms with Crippen LogP contribution in [-0.4, -0.2) is 39.5 Å². The Morgan fingerprint density at radius 3 is 2.49 bits per heavy atom. The van der Waals surface area contributed by atoms with E-state index in [0.717, 1.165) is 11.8 Å². The number of hydrogen-bond acceptors (Lipinski definition) is 8. The Labute approximate surface area is 199 Å². The minimum absolute atomic E-state index is 0.0107. The van der Waals surface area contributed by atoms with Crippen molar-refractivity contribution in [1.29, 1.82) is 0 Å². The maximum absolute atomic E-state index is 13.2. The number of aliphatic hydroxyl groups excluding tert-OH is 1. The van der Waals surface area contributed by atoms with Gasteiger partial charge in [0, 0.05) is 11.1 Å². The van der Waals surface area contributed by atoms with Crippen molar-refractivity contribution in [2.75, 3.05) is 5.73 Å². The number of pyridine rings is 1. The molecule has 5 rings (SSSR count). The number of nitrogen functional groups attached to an aromatic ring is 1. The Morgan fingerprint density at radius 1 is 1.03 bits per heavy atom. The molecule has 1 aromatic carbocycles. The third-order valence-electron chi connectivity index (χ3n) is 5.06. The first-order valence-electron chi connectivity index (χ1n) is 10.9. The summed E-state index contributed by atoms with van der Waals surface area (Å²) in [7, 11) is 0. The van der Waals surface area contributed by atoms with Crippen LogP contribution >= 0.6 is 0 Å². The number of halogens is 1. The zero-order valence-corrected chi connectivity index (χ0v) is 19.1. The summed E-state index contributed by atoms with van der Waals surface area (Å²) < 4.78 is 15.6. The van der Waals surface area contributed by atoms with Crippen LogP contribution in [0.5, 0.6) is 0 Å². The van der Waals surface area contributed by atoms with Crippen LogP contribution in [-0.2, 0) is 13.2 Å². The van der Waals surface area contributed by atoms with E-state index in [9.17, 15) is 14.3 Å². The quantitative estimate of drug-likeness (QED) is 0.397. The highest BCUT2D eigenvalue weighted by Crippen LogP contribution is 2.34. The summed E-state index contributed by atoms with van der Waals surface area (Å²) in [5.74, 6) is -0.519. The fourth-order valence-electron chi connectivity index (χ4n) is 3.55. The number of aromatic nitrogens is 7. The molecule has 0 unspecified atom stereocenters. The smallest absolute Gasteiger partial charge is 0.353 e. The van der Waals surface area contributed by atoms with Crippen molar-refractivity contribution in [3.63, 3.8) is 0 Å². The summed E-state index contributed by atoms with van der Waals surface area (Å²) in [4.78, 5) is 21.7. The highest BCUT2D eigenvalue weighted by atomic mass is 19.1. The van der Waals surface area contributed by atoms with Gasteiger partial charge in [0.1, 0.15) is 5.82 Å². The van der Waals surface area contributed by atoms with Crippen LogP contribution < -0.4 is 11.4 Å². The number of nitrogens with zero attached hydrogens (tertiary/aromatic N) is 7. The summed E-state index contributed by atoms with van der Waals surface area (Å²) in [5, 5.41) is 21.9. The Morgan fingerprint density at radius 2 is 1.80 bits per heavy atom. The fraction of sp³-hybridized carbons (Fsp3) is 0.167. The molecule has 0 aliphatic rings. The largest absolute Gasteiger partial charge is 0.390 e. The van der Waals surface area contributed by atoms with E-state index in [1.165, 1.54) is 27.4 Å². The van der Waals surface area contributed by atoms with Crippen LogP contribution in [0.1, 0.15) is 25.2 Å². The predicted molar refractivity (Wildman–Crippen MR) is 129 cm³/mol. The molecule has 0 saturated carbocycles. The van der Waals surface area contributed by atoms with Gasteiger partial charge < -0.3 is 10.8 Å². The van der Waals surface area contributed by atoms with Gasteiger partial charge in [0.15, 0.2) is 5.65 Å². The first-order valence-corrected chi connectivity index (χ1v) is 10.9. The van der Waals surface area contributed by atoms with Gasteiger partial charge in [-0.15, -0.1) is 5.10 Å². The molecule has 0 aliphatic heterocycles. The van der Waals surface area contributed by atoms with Gasteiger partial charge >= 0.3 is 5.69 Å². The van der Waals surface area contributed by atoms with Gasteiger partial charge in [0.05, 0.1) is 48.2 Å². The first-order chi connectivity index (χ1) is 17.0. The molecule has 35 heavy (non-hydrogen) atoms. The van der Waals surface area contributed by atoms with Gasteiger partial charge in [-0.25, -0.2) is 23.3 Å². The molecule has 3 N–H and O–H groups in total. The number of nitrogens with two attached hydrogens (primary N) is 1. The second kappa shape index (κ2) is 10.2. The minimum atomic E-state index is -0.522. The van der Waals surface area contributed by atoms with Crippen molar-refractivity contribution in [3.8, 4) is 22.4 Å². The third kappa shape index (κ3) is 4.62. The number of hydrogen-bond donors (Lipinski definition) is 2. The summed E-state index contributed by atoms with van der Waals surface area (Å²) in [6, 6.07) is 13.7. The molecule has 0 atom stereocenters. The molecule has 11 heteroatoms. The summed E-state index contributed by atoms with van der Waals surface area (Å²) >= 11 is 0. The molecule has 0 aliphatic carbocycles. The zero-order valence-electron chi connectivity index (χ0n) is 19.1. The van der Waals surface area contributed by atoms with E-state index >= 15 is 0 Å². The Kier molecular flexibility index (Phi) is 6.88. The number of aliphatic hydroxyl groups is 1. The summed E-state index contributed by atoms with van der Waals surface area (Å²) in [6.07, 6.45) is 2.58. The fourth-order valence-corrected chi connectivity index (χ4v) is 3.55. The SMILES string of the molecule is CC.Nc1nc(-c2ccccc2)c(-c2cnnc(CO)c2)c2nn(Cc3ccc(F)cn3)c(=O)n12.